The van der Waals surface area contributed by atoms with Crippen LogP contribution in [0.4, 0.5) is 5.69 Å². The van der Waals surface area contributed by atoms with Crippen LogP contribution in [0.3, 0.4) is 0 Å². The van der Waals surface area contributed by atoms with Crippen molar-refractivity contribution in [3.05, 3.63) is 74.4 Å². The van der Waals surface area contributed by atoms with Crippen LogP contribution in [-0.4, -0.2) is 11.7 Å². The third-order valence-corrected chi connectivity index (χ3v) is 4.80. The fourth-order valence-electron chi connectivity index (χ4n) is 2.78. The van der Waals surface area contributed by atoms with Gasteiger partial charge in [-0.1, -0.05) is 0 Å². The molecule has 8 heteroatoms. The van der Waals surface area contributed by atoms with Crippen molar-refractivity contribution in [2.24, 2.45) is 0 Å². The summed E-state index contributed by atoms with van der Waals surface area (Å²) < 4.78 is 17.0. The molecule has 2 heterocycles. The van der Waals surface area contributed by atoms with E-state index in [0.717, 1.165) is 0 Å². The fraction of sp³-hybridized carbons (Fsp3) is 0.0500. The van der Waals surface area contributed by atoms with Gasteiger partial charge < -0.3 is 13.9 Å². The number of allylic oxidation sites excluding steroid dienone is 1. The standard InChI is InChI=1S/C20H11BrN2O5/c21-17-9-14(23(24)25)2-4-16(17)18-6-3-15(28-18)7-13(10-22)12-1-5-19-20(8-12)27-11-26-19/h1-9H,11H2/b13-7-. The van der Waals surface area contributed by atoms with Crippen LogP contribution in [-0.2, 0) is 0 Å². The van der Waals surface area contributed by atoms with E-state index >= 15 is 0 Å². The molecule has 0 amide bonds. The van der Waals surface area contributed by atoms with Crippen molar-refractivity contribution >= 4 is 33.3 Å². The SMILES string of the molecule is N#C/C(=C/c1ccc(-c2ccc([N+](=O)[O-])cc2Br)o1)c1ccc2c(c1)OCO2. The number of non-ortho nitro benzene ring substituents is 1. The number of hydrogen-bond donors (Lipinski definition) is 0. The van der Waals surface area contributed by atoms with Gasteiger partial charge in [0.05, 0.1) is 16.6 Å². The molecule has 7 nitrogen and oxygen atoms in total. The van der Waals surface area contributed by atoms with Gasteiger partial charge in [0.2, 0.25) is 6.79 Å². The zero-order chi connectivity index (χ0) is 19.7. The monoisotopic (exact) mass is 438 g/mol. The normalized spacial score (nSPS) is 12.6. The highest BCUT2D eigenvalue weighted by Gasteiger charge is 2.16. The highest BCUT2D eigenvalue weighted by atomic mass is 79.9. The van der Waals surface area contributed by atoms with Crippen molar-refractivity contribution in [3.63, 3.8) is 0 Å². The summed E-state index contributed by atoms with van der Waals surface area (Å²) in [4.78, 5) is 10.4. The molecular formula is C20H11BrN2O5. The first kappa shape index (κ1) is 17.8. The zero-order valence-corrected chi connectivity index (χ0v) is 15.8. The number of nitro groups is 1. The molecule has 1 aromatic heterocycles. The van der Waals surface area contributed by atoms with E-state index in [9.17, 15) is 15.4 Å². The maximum Gasteiger partial charge on any atom is 0.270 e. The molecule has 1 aliphatic rings. The van der Waals surface area contributed by atoms with Gasteiger partial charge in [0.25, 0.3) is 5.69 Å². The molecule has 28 heavy (non-hydrogen) atoms. The first-order valence-electron chi connectivity index (χ1n) is 8.11. The quantitative estimate of drug-likeness (QED) is 0.306. The largest absolute Gasteiger partial charge is 0.457 e. The molecule has 0 radical (unpaired) electrons. The summed E-state index contributed by atoms with van der Waals surface area (Å²) in [6.45, 7) is 0.163. The number of benzene rings is 2. The molecule has 0 saturated carbocycles. The van der Waals surface area contributed by atoms with Crippen LogP contribution in [0, 0.1) is 21.4 Å². The van der Waals surface area contributed by atoms with Crippen LogP contribution < -0.4 is 9.47 Å². The predicted octanol–water partition coefficient (Wildman–Crippen LogP) is 5.41. The molecular weight excluding hydrogens is 428 g/mol. The second kappa shape index (κ2) is 7.21. The average molecular weight is 439 g/mol. The molecule has 4 rings (SSSR count). The maximum absolute atomic E-state index is 10.9. The van der Waals surface area contributed by atoms with E-state index in [0.29, 0.717) is 44.2 Å². The van der Waals surface area contributed by atoms with Crippen molar-refractivity contribution in [3.8, 4) is 28.9 Å². The second-order valence-electron chi connectivity index (χ2n) is 5.86. The lowest BCUT2D eigenvalue weighted by Crippen LogP contribution is -1.92. The van der Waals surface area contributed by atoms with Gasteiger partial charge in [0.1, 0.15) is 11.5 Å². The van der Waals surface area contributed by atoms with E-state index in [1.807, 2.05) is 0 Å². The van der Waals surface area contributed by atoms with Gasteiger partial charge in [-0.15, -0.1) is 0 Å². The molecule has 0 atom stereocenters. The Bertz CT molecular complexity index is 1160. The summed E-state index contributed by atoms with van der Waals surface area (Å²) in [6, 6.07) is 15.3. The van der Waals surface area contributed by atoms with Gasteiger partial charge in [-0.2, -0.15) is 5.26 Å². The van der Waals surface area contributed by atoms with Crippen molar-refractivity contribution in [1.29, 1.82) is 5.26 Å². The molecule has 0 unspecified atom stereocenters. The molecule has 0 spiro atoms. The number of hydrogen-bond acceptors (Lipinski definition) is 6. The van der Waals surface area contributed by atoms with Crippen LogP contribution in [0.2, 0.25) is 0 Å². The first-order valence-corrected chi connectivity index (χ1v) is 8.90. The second-order valence-corrected chi connectivity index (χ2v) is 6.72. The molecule has 3 aromatic rings. The van der Waals surface area contributed by atoms with E-state index in [1.54, 1.807) is 42.5 Å². The number of halogens is 1. The van der Waals surface area contributed by atoms with Gasteiger partial charge in [-0.3, -0.25) is 10.1 Å². The lowest BCUT2D eigenvalue weighted by molar-refractivity contribution is -0.384. The molecule has 0 bridgehead atoms. The Balaban J connectivity index is 1.65. The molecule has 0 saturated heterocycles. The number of furan rings is 1. The molecule has 0 N–H and O–H groups in total. The molecule has 2 aromatic carbocycles. The molecule has 138 valence electrons. The topological polar surface area (TPSA) is 98.5 Å². The van der Waals surface area contributed by atoms with Crippen LogP contribution in [0.15, 0.2) is 57.4 Å². The highest BCUT2D eigenvalue weighted by molar-refractivity contribution is 9.10. The Morgan fingerprint density at radius 1 is 1.14 bits per heavy atom. The lowest BCUT2D eigenvalue weighted by atomic mass is 10.1. The summed E-state index contributed by atoms with van der Waals surface area (Å²) in [5.41, 5.74) is 1.74. The highest BCUT2D eigenvalue weighted by Crippen LogP contribution is 2.36. The van der Waals surface area contributed by atoms with Crippen molar-refractivity contribution in [2.45, 2.75) is 0 Å². The van der Waals surface area contributed by atoms with Gasteiger partial charge in [-0.25, -0.2) is 0 Å². The number of nitro benzene ring substituents is 1. The lowest BCUT2D eigenvalue weighted by Gasteiger charge is -2.02. The molecule has 0 fully saturated rings. The average Bonchev–Trinajstić information content (AvgIpc) is 3.34. The summed E-state index contributed by atoms with van der Waals surface area (Å²) in [6.07, 6.45) is 1.63. The minimum Gasteiger partial charge on any atom is -0.457 e. The minimum atomic E-state index is -0.463. The van der Waals surface area contributed by atoms with E-state index < -0.39 is 4.92 Å². The van der Waals surface area contributed by atoms with Gasteiger partial charge >= 0.3 is 0 Å². The number of ether oxygens (including phenoxy) is 2. The number of rotatable bonds is 4. The third-order valence-electron chi connectivity index (χ3n) is 4.15. The van der Waals surface area contributed by atoms with Crippen molar-refractivity contribution in [1.82, 2.24) is 0 Å². The Morgan fingerprint density at radius 3 is 2.71 bits per heavy atom. The Hall–Kier alpha value is -3.57. The minimum absolute atomic E-state index is 0.0168. The van der Waals surface area contributed by atoms with Crippen LogP contribution in [0.5, 0.6) is 11.5 Å². The summed E-state index contributed by atoms with van der Waals surface area (Å²) in [5.74, 6) is 2.24. The summed E-state index contributed by atoms with van der Waals surface area (Å²) in [5, 5.41) is 20.4. The maximum atomic E-state index is 10.9. The van der Waals surface area contributed by atoms with Gasteiger partial charge in [-0.05, 0) is 64.0 Å². The molecule has 1 aliphatic heterocycles. The number of fused-ring (bicyclic) bond motifs is 1. The van der Waals surface area contributed by atoms with Crippen molar-refractivity contribution in [2.75, 3.05) is 6.79 Å². The van der Waals surface area contributed by atoms with Crippen molar-refractivity contribution < 1.29 is 18.8 Å². The number of nitrogens with zero attached hydrogens (tertiary/aromatic N) is 2. The third kappa shape index (κ3) is 3.35. The van der Waals surface area contributed by atoms with E-state index in [2.05, 4.69) is 22.0 Å². The Kier molecular flexibility index (Phi) is 4.59. The Labute approximate surface area is 167 Å². The predicted molar refractivity (Wildman–Crippen MR) is 105 cm³/mol. The van der Waals surface area contributed by atoms with Gasteiger partial charge in [0, 0.05) is 22.2 Å². The van der Waals surface area contributed by atoms with Gasteiger partial charge in [0.15, 0.2) is 11.5 Å². The Morgan fingerprint density at radius 2 is 1.96 bits per heavy atom. The number of nitriles is 1. The first-order chi connectivity index (χ1) is 13.5. The van der Waals surface area contributed by atoms with E-state index in [-0.39, 0.29) is 12.5 Å². The summed E-state index contributed by atoms with van der Waals surface area (Å²) >= 11 is 3.33. The summed E-state index contributed by atoms with van der Waals surface area (Å²) in [7, 11) is 0. The zero-order valence-electron chi connectivity index (χ0n) is 14.2. The fourth-order valence-corrected chi connectivity index (χ4v) is 3.34. The van der Waals surface area contributed by atoms with E-state index in [4.69, 9.17) is 13.9 Å². The van der Waals surface area contributed by atoms with Crippen LogP contribution in [0.25, 0.3) is 23.0 Å². The van der Waals surface area contributed by atoms with E-state index in [1.165, 1.54) is 12.1 Å². The smallest absolute Gasteiger partial charge is 0.270 e. The van der Waals surface area contributed by atoms with Crippen LogP contribution in [0.1, 0.15) is 11.3 Å². The van der Waals surface area contributed by atoms with Crippen LogP contribution >= 0.6 is 15.9 Å². The molecule has 0 aliphatic carbocycles.